The second-order valence-electron chi connectivity index (χ2n) is 6.38. The van der Waals surface area contributed by atoms with Gasteiger partial charge >= 0.3 is 5.97 Å². The number of nitrogens with one attached hydrogen (secondary N) is 1. The Kier molecular flexibility index (Phi) is 7.96. The van der Waals surface area contributed by atoms with Crippen molar-refractivity contribution in [3.05, 3.63) is 0 Å². The van der Waals surface area contributed by atoms with Gasteiger partial charge in [-0.15, -0.1) is 0 Å². The highest BCUT2D eigenvalue weighted by Gasteiger charge is 2.48. The van der Waals surface area contributed by atoms with Gasteiger partial charge in [0, 0.05) is 0 Å². The van der Waals surface area contributed by atoms with Gasteiger partial charge in [0.2, 0.25) is 0 Å². The molecule has 2 atom stereocenters. The van der Waals surface area contributed by atoms with E-state index in [4.69, 9.17) is 0 Å². The van der Waals surface area contributed by atoms with Crippen molar-refractivity contribution in [3.63, 3.8) is 0 Å². The monoisotopic (exact) mass is 301 g/mol. The molecule has 2 unspecified atom stereocenters. The first kappa shape index (κ1) is 17.8. The van der Waals surface area contributed by atoms with Gasteiger partial charge in [0.05, 0.1) is 0 Å². The molecule has 0 aromatic carbocycles. The first-order valence-electron chi connectivity index (χ1n) is 8.09. The van der Waals surface area contributed by atoms with Crippen LogP contribution in [0.3, 0.4) is 0 Å². The molecule has 0 radical (unpaired) electrons. The summed E-state index contributed by atoms with van der Waals surface area (Å²) in [7, 11) is 0. The summed E-state index contributed by atoms with van der Waals surface area (Å²) in [6, 6.07) is 0. The lowest BCUT2D eigenvalue weighted by molar-refractivity contribution is -0.146. The summed E-state index contributed by atoms with van der Waals surface area (Å²) in [6.45, 7) is 7.40. The third-order valence-corrected chi connectivity index (χ3v) is 5.39. The lowest BCUT2D eigenvalue weighted by Crippen LogP contribution is -2.55. The fourth-order valence-electron chi connectivity index (χ4n) is 3.05. The van der Waals surface area contributed by atoms with E-state index in [1.165, 1.54) is 12.2 Å². The molecule has 1 saturated carbocycles. The minimum Gasteiger partial charge on any atom is -0.480 e. The highest BCUT2D eigenvalue weighted by molar-refractivity contribution is 7.99. The summed E-state index contributed by atoms with van der Waals surface area (Å²) < 4.78 is 0. The molecule has 2 N–H and O–H groups in total. The third kappa shape index (κ3) is 4.96. The molecule has 0 aliphatic heterocycles. The molecule has 3 nitrogen and oxygen atoms in total. The predicted molar refractivity (Wildman–Crippen MR) is 87.4 cm³/mol. The SMILES string of the molecule is CCCNC1(C(=O)O)CCCC1CCSCCC(C)C. The zero-order valence-electron chi connectivity index (χ0n) is 13.3. The maximum absolute atomic E-state index is 11.7. The average molecular weight is 301 g/mol. The number of aliphatic carboxylic acids is 1. The van der Waals surface area contributed by atoms with Crippen molar-refractivity contribution in [2.75, 3.05) is 18.1 Å². The molecule has 0 aromatic heterocycles. The maximum Gasteiger partial charge on any atom is 0.324 e. The van der Waals surface area contributed by atoms with Gasteiger partial charge in [-0.1, -0.05) is 27.2 Å². The van der Waals surface area contributed by atoms with Crippen molar-refractivity contribution in [2.45, 2.75) is 64.8 Å². The standard InChI is InChI=1S/C16H31NO2S/c1-4-10-17-16(15(18)19)9-5-6-14(16)8-12-20-11-7-13(2)3/h13-14,17H,4-12H2,1-3H3,(H,18,19). The number of hydrogen-bond donors (Lipinski definition) is 2. The molecule has 0 amide bonds. The van der Waals surface area contributed by atoms with Gasteiger partial charge < -0.3 is 10.4 Å². The van der Waals surface area contributed by atoms with Crippen molar-refractivity contribution in [1.29, 1.82) is 0 Å². The first-order valence-corrected chi connectivity index (χ1v) is 9.24. The number of rotatable bonds is 10. The van der Waals surface area contributed by atoms with Crippen molar-refractivity contribution in [3.8, 4) is 0 Å². The lowest BCUT2D eigenvalue weighted by atomic mass is 9.85. The van der Waals surface area contributed by atoms with E-state index in [9.17, 15) is 9.90 Å². The molecule has 0 spiro atoms. The highest BCUT2D eigenvalue weighted by atomic mass is 32.2. The van der Waals surface area contributed by atoms with Gasteiger partial charge in [-0.05, 0) is 62.0 Å². The van der Waals surface area contributed by atoms with E-state index in [2.05, 4.69) is 26.1 Å². The Morgan fingerprint density at radius 3 is 2.80 bits per heavy atom. The first-order chi connectivity index (χ1) is 9.53. The number of carboxylic acids is 1. The second kappa shape index (κ2) is 8.93. The van der Waals surface area contributed by atoms with Crippen LogP contribution in [0.1, 0.15) is 59.3 Å². The number of thioether (sulfide) groups is 1. The highest BCUT2D eigenvalue weighted by Crippen LogP contribution is 2.39. The molecule has 4 heteroatoms. The minimum absolute atomic E-state index is 0.304. The van der Waals surface area contributed by atoms with E-state index in [0.717, 1.165) is 50.3 Å². The average Bonchev–Trinajstić information content (AvgIpc) is 2.80. The second-order valence-corrected chi connectivity index (χ2v) is 7.60. The summed E-state index contributed by atoms with van der Waals surface area (Å²) in [5.41, 5.74) is -0.644. The van der Waals surface area contributed by atoms with E-state index in [1.54, 1.807) is 0 Å². The van der Waals surface area contributed by atoms with Gasteiger partial charge in [0.1, 0.15) is 5.54 Å². The molecule has 0 aromatic rings. The van der Waals surface area contributed by atoms with Crippen LogP contribution in [0.5, 0.6) is 0 Å². The summed E-state index contributed by atoms with van der Waals surface area (Å²) in [6.07, 6.45) is 6.19. The maximum atomic E-state index is 11.7. The van der Waals surface area contributed by atoms with E-state index < -0.39 is 11.5 Å². The molecular formula is C16H31NO2S. The summed E-state index contributed by atoms with van der Waals surface area (Å²) >= 11 is 1.98. The Labute approximate surface area is 128 Å². The zero-order chi connectivity index (χ0) is 15.0. The molecule has 1 fully saturated rings. The van der Waals surface area contributed by atoms with Gasteiger partial charge in [-0.25, -0.2) is 0 Å². The van der Waals surface area contributed by atoms with Crippen LogP contribution in [-0.2, 0) is 4.79 Å². The fraction of sp³-hybridized carbons (Fsp3) is 0.938. The van der Waals surface area contributed by atoms with Crippen LogP contribution in [0.2, 0.25) is 0 Å². The van der Waals surface area contributed by atoms with E-state index in [-0.39, 0.29) is 0 Å². The number of carboxylic acid groups (broad SMARTS) is 1. The quantitative estimate of drug-likeness (QED) is 0.603. The summed E-state index contributed by atoms with van der Waals surface area (Å²) in [5.74, 6) is 2.73. The topological polar surface area (TPSA) is 49.3 Å². The van der Waals surface area contributed by atoms with Crippen LogP contribution >= 0.6 is 11.8 Å². The fourth-order valence-corrected chi connectivity index (χ4v) is 4.35. The molecule has 1 aliphatic carbocycles. The van der Waals surface area contributed by atoms with Crippen LogP contribution in [0.15, 0.2) is 0 Å². The molecular weight excluding hydrogens is 270 g/mol. The van der Waals surface area contributed by atoms with Crippen molar-refractivity contribution in [2.24, 2.45) is 11.8 Å². The predicted octanol–water partition coefficient (Wildman–Crippen LogP) is 3.78. The van der Waals surface area contributed by atoms with Gasteiger partial charge in [-0.3, -0.25) is 4.79 Å². The summed E-state index contributed by atoms with van der Waals surface area (Å²) in [5, 5.41) is 13.0. The van der Waals surface area contributed by atoms with Gasteiger partial charge in [0.25, 0.3) is 0 Å². The Morgan fingerprint density at radius 2 is 2.20 bits per heavy atom. The van der Waals surface area contributed by atoms with Crippen LogP contribution in [0, 0.1) is 11.8 Å². The largest absolute Gasteiger partial charge is 0.480 e. The molecule has 0 heterocycles. The van der Waals surface area contributed by atoms with E-state index >= 15 is 0 Å². The Hall–Kier alpha value is -0.220. The van der Waals surface area contributed by atoms with Crippen molar-refractivity contribution >= 4 is 17.7 Å². The molecule has 1 aliphatic rings. The van der Waals surface area contributed by atoms with Crippen molar-refractivity contribution < 1.29 is 9.90 Å². The van der Waals surface area contributed by atoms with E-state index in [0.29, 0.717) is 5.92 Å². The molecule has 118 valence electrons. The van der Waals surface area contributed by atoms with Crippen LogP contribution in [0.25, 0.3) is 0 Å². The van der Waals surface area contributed by atoms with Gasteiger partial charge in [-0.2, -0.15) is 11.8 Å². The molecule has 20 heavy (non-hydrogen) atoms. The molecule has 1 rings (SSSR count). The van der Waals surface area contributed by atoms with Gasteiger partial charge in [0.15, 0.2) is 0 Å². The van der Waals surface area contributed by atoms with Crippen molar-refractivity contribution in [1.82, 2.24) is 5.32 Å². The number of carbonyl (C=O) groups is 1. The third-order valence-electron chi connectivity index (χ3n) is 4.34. The molecule has 0 saturated heterocycles. The lowest BCUT2D eigenvalue weighted by Gasteiger charge is -2.32. The van der Waals surface area contributed by atoms with Crippen LogP contribution in [0.4, 0.5) is 0 Å². The minimum atomic E-state index is -0.644. The van der Waals surface area contributed by atoms with Crippen LogP contribution < -0.4 is 5.32 Å². The number of hydrogen-bond acceptors (Lipinski definition) is 3. The summed E-state index contributed by atoms with van der Waals surface area (Å²) in [4.78, 5) is 11.7. The van der Waals surface area contributed by atoms with E-state index in [1.807, 2.05) is 11.8 Å². The Bertz CT molecular complexity index is 296. The zero-order valence-corrected chi connectivity index (χ0v) is 14.1. The smallest absolute Gasteiger partial charge is 0.324 e. The molecule has 0 bridgehead atoms. The Balaban J connectivity index is 2.43. The Morgan fingerprint density at radius 1 is 1.45 bits per heavy atom. The normalized spacial score (nSPS) is 26.3. The van der Waals surface area contributed by atoms with Crippen LogP contribution in [-0.4, -0.2) is 34.7 Å².